The first-order chi connectivity index (χ1) is 9.49. The number of nitrogens with one attached hydrogen (secondary N) is 3. The molecule has 6 nitrogen and oxygen atoms in total. The summed E-state index contributed by atoms with van der Waals surface area (Å²) in [7, 11) is -3.54. The van der Waals surface area contributed by atoms with Gasteiger partial charge in [0.25, 0.3) is 0 Å². The third kappa shape index (κ3) is 4.16. The van der Waals surface area contributed by atoms with E-state index < -0.39 is 10.0 Å². The monoisotopic (exact) mass is 337 g/mol. The van der Waals surface area contributed by atoms with E-state index in [4.69, 9.17) is 11.6 Å². The van der Waals surface area contributed by atoms with E-state index in [1.807, 2.05) is 0 Å². The van der Waals surface area contributed by atoms with E-state index in [9.17, 15) is 13.2 Å². The van der Waals surface area contributed by atoms with Crippen LogP contribution >= 0.6 is 22.9 Å². The average molecular weight is 338 g/mol. The number of rotatable bonds is 6. The largest absolute Gasteiger partial charge is 0.353 e. The number of carbonyl (C=O) groups is 1. The van der Waals surface area contributed by atoms with Gasteiger partial charge in [0.15, 0.2) is 0 Å². The normalized spacial score (nSPS) is 19.1. The highest BCUT2D eigenvalue weighted by Crippen LogP contribution is 2.25. The molecule has 2 rings (SSSR count). The molecule has 3 N–H and O–H groups in total. The fourth-order valence-corrected chi connectivity index (χ4v) is 4.48. The summed E-state index contributed by atoms with van der Waals surface area (Å²) in [6.07, 6.45) is 1.81. The predicted molar refractivity (Wildman–Crippen MR) is 78.6 cm³/mol. The maximum absolute atomic E-state index is 11.9. The third-order valence-corrected chi connectivity index (χ3v) is 6.09. The number of carbonyl (C=O) groups excluding carboxylic acids is 1. The Morgan fingerprint density at radius 3 is 2.85 bits per heavy atom. The summed E-state index contributed by atoms with van der Waals surface area (Å²) in [6, 6.07) is 2.84. The summed E-state index contributed by atoms with van der Waals surface area (Å²) in [5.74, 6) is -0.0825. The van der Waals surface area contributed by atoms with E-state index in [0.717, 1.165) is 30.7 Å². The van der Waals surface area contributed by atoms with Gasteiger partial charge in [-0.25, -0.2) is 13.1 Å². The van der Waals surface area contributed by atoms with Gasteiger partial charge in [-0.2, -0.15) is 0 Å². The third-order valence-electron chi connectivity index (χ3n) is 2.91. The zero-order chi connectivity index (χ0) is 14.6. The minimum absolute atomic E-state index is 0.0825. The maximum atomic E-state index is 11.9. The molecule has 0 bridgehead atoms. The molecule has 0 aromatic carbocycles. The van der Waals surface area contributed by atoms with E-state index in [-0.39, 0.29) is 29.2 Å². The van der Waals surface area contributed by atoms with Crippen molar-refractivity contribution in [3.63, 3.8) is 0 Å². The Morgan fingerprint density at radius 1 is 1.45 bits per heavy atom. The molecule has 1 saturated heterocycles. The molecule has 0 spiro atoms. The molecule has 1 atom stereocenters. The number of amides is 1. The Bertz CT molecular complexity index is 567. The van der Waals surface area contributed by atoms with Crippen molar-refractivity contribution in [2.45, 2.75) is 23.1 Å². The summed E-state index contributed by atoms with van der Waals surface area (Å²) in [4.78, 5) is 11.7. The van der Waals surface area contributed by atoms with E-state index >= 15 is 0 Å². The fourth-order valence-electron chi connectivity index (χ4n) is 1.92. The van der Waals surface area contributed by atoms with Crippen LogP contribution in [0.4, 0.5) is 0 Å². The number of halogens is 1. The molecule has 1 aliphatic heterocycles. The van der Waals surface area contributed by atoms with Crippen molar-refractivity contribution in [3.05, 3.63) is 16.5 Å². The molecular weight excluding hydrogens is 322 g/mol. The van der Waals surface area contributed by atoms with Crippen LogP contribution in [0.15, 0.2) is 16.3 Å². The van der Waals surface area contributed by atoms with Crippen LogP contribution in [0.5, 0.6) is 0 Å². The van der Waals surface area contributed by atoms with Gasteiger partial charge in [-0.05, 0) is 31.5 Å². The second-order valence-electron chi connectivity index (χ2n) is 4.40. The molecule has 1 amide bonds. The summed E-state index contributed by atoms with van der Waals surface area (Å²) in [5, 5.41) is 5.78. The predicted octanol–water partition coefficient (Wildman–Crippen LogP) is 0.548. The van der Waals surface area contributed by atoms with Gasteiger partial charge in [-0.1, -0.05) is 11.6 Å². The summed E-state index contributed by atoms with van der Waals surface area (Å²) >= 11 is 6.70. The first-order valence-corrected chi connectivity index (χ1v) is 8.93. The molecule has 1 fully saturated rings. The van der Waals surface area contributed by atoms with Crippen molar-refractivity contribution in [3.8, 4) is 0 Å². The van der Waals surface area contributed by atoms with Crippen LogP contribution in [0, 0.1) is 0 Å². The van der Waals surface area contributed by atoms with Crippen molar-refractivity contribution in [1.29, 1.82) is 0 Å². The van der Waals surface area contributed by atoms with E-state index in [1.54, 1.807) is 0 Å². The minimum Gasteiger partial charge on any atom is -0.353 e. The van der Waals surface area contributed by atoms with Crippen LogP contribution in [0.3, 0.4) is 0 Å². The highest BCUT2D eigenvalue weighted by molar-refractivity contribution is 7.91. The zero-order valence-electron chi connectivity index (χ0n) is 10.7. The molecule has 9 heteroatoms. The summed E-state index contributed by atoms with van der Waals surface area (Å²) in [5.41, 5.74) is 0. The van der Waals surface area contributed by atoms with Gasteiger partial charge >= 0.3 is 0 Å². The van der Waals surface area contributed by atoms with Gasteiger partial charge in [0, 0.05) is 13.1 Å². The lowest BCUT2D eigenvalue weighted by atomic mass is 10.2. The quantitative estimate of drug-likeness (QED) is 0.661. The van der Waals surface area contributed by atoms with Gasteiger partial charge in [0.1, 0.15) is 4.21 Å². The number of thiophene rings is 1. The molecule has 0 saturated carbocycles. The number of sulfonamides is 1. The molecule has 1 aromatic rings. The topological polar surface area (TPSA) is 87.3 Å². The fraction of sp³-hybridized carbons (Fsp3) is 0.545. The number of hydrogen-bond acceptors (Lipinski definition) is 5. The van der Waals surface area contributed by atoms with Crippen molar-refractivity contribution in [2.24, 2.45) is 0 Å². The van der Waals surface area contributed by atoms with Gasteiger partial charge in [-0.15, -0.1) is 11.3 Å². The first kappa shape index (κ1) is 15.7. The summed E-state index contributed by atoms with van der Waals surface area (Å²) < 4.78 is 26.7. The number of hydrogen-bond donors (Lipinski definition) is 3. The van der Waals surface area contributed by atoms with E-state index in [0.29, 0.717) is 4.34 Å². The highest BCUT2D eigenvalue weighted by atomic mass is 35.5. The van der Waals surface area contributed by atoms with Crippen LogP contribution in [0.25, 0.3) is 0 Å². The minimum atomic E-state index is -3.54. The van der Waals surface area contributed by atoms with Crippen molar-refractivity contribution < 1.29 is 13.2 Å². The lowest BCUT2D eigenvalue weighted by Crippen LogP contribution is -2.43. The molecule has 20 heavy (non-hydrogen) atoms. The van der Waals surface area contributed by atoms with Crippen molar-refractivity contribution >= 4 is 38.9 Å². The Labute approximate surface area is 126 Å². The van der Waals surface area contributed by atoms with E-state index in [1.165, 1.54) is 12.1 Å². The van der Waals surface area contributed by atoms with Gasteiger partial charge in [-0.3, -0.25) is 4.79 Å². The lowest BCUT2D eigenvalue weighted by Gasteiger charge is -2.11. The van der Waals surface area contributed by atoms with Gasteiger partial charge in [0.05, 0.1) is 10.4 Å². The van der Waals surface area contributed by atoms with Crippen LogP contribution in [0.2, 0.25) is 4.34 Å². The Kier molecular flexibility index (Phi) is 5.39. The first-order valence-electron chi connectivity index (χ1n) is 6.25. The molecule has 1 unspecified atom stereocenters. The second kappa shape index (κ2) is 6.86. The Hall–Kier alpha value is -0.670. The van der Waals surface area contributed by atoms with Crippen LogP contribution in [-0.4, -0.2) is 40.0 Å². The van der Waals surface area contributed by atoms with Gasteiger partial charge < -0.3 is 10.6 Å². The van der Waals surface area contributed by atoms with Crippen LogP contribution in [0.1, 0.15) is 12.8 Å². The lowest BCUT2D eigenvalue weighted by molar-refractivity contribution is -0.122. The summed E-state index contributed by atoms with van der Waals surface area (Å²) in [6.45, 7) is 1.26. The molecule has 1 aliphatic rings. The molecule has 0 aliphatic carbocycles. The van der Waals surface area contributed by atoms with Crippen LogP contribution in [-0.2, 0) is 14.8 Å². The standard InChI is InChI=1S/C11H16ClN3O3S2/c12-9-3-4-10(19-9)20(17,18)15-7-6-14-11(16)8-2-1-5-13-8/h3-4,8,13,15H,1-2,5-7H2,(H,14,16). The smallest absolute Gasteiger partial charge is 0.250 e. The molecule has 1 aromatic heterocycles. The van der Waals surface area contributed by atoms with Crippen LogP contribution < -0.4 is 15.4 Å². The Morgan fingerprint density at radius 2 is 2.25 bits per heavy atom. The second-order valence-corrected chi connectivity index (χ2v) is 8.11. The van der Waals surface area contributed by atoms with Crippen molar-refractivity contribution in [1.82, 2.24) is 15.4 Å². The van der Waals surface area contributed by atoms with Crippen molar-refractivity contribution in [2.75, 3.05) is 19.6 Å². The Balaban J connectivity index is 1.74. The maximum Gasteiger partial charge on any atom is 0.250 e. The molecule has 0 radical (unpaired) electrons. The molecule has 2 heterocycles. The zero-order valence-corrected chi connectivity index (χ0v) is 13.1. The molecular formula is C11H16ClN3O3S2. The molecule has 112 valence electrons. The van der Waals surface area contributed by atoms with Gasteiger partial charge in [0.2, 0.25) is 15.9 Å². The highest BCUT2D eigenvalue weighted by Gasteiger charge is 2.21. The SMILES string of the molecule is O=C(NCCNS(=O)(=O)c1ccc(Cl)s1)C1CCCN1. The van der Waals surface area contributed by atoms with E-state index in [2.05, 4.69) is 15.4 Å². The average Bonchev–Trinajstić information content (AvgIpc) is 3.05.